The number of nitrogens with one attached hydrogen (secondary N) is 1. The molecule has 3 aromatic rings. The molecule has 0 aliphatic carbocycles. The molecule has 156 valence electrons. The first-order chi connectivity index (χ1) is 14.2. The summed E-state index contributed by atoms with van der Waals surface area (Å²) in [6, 6.07) is 17.5. The van der Waals surface area contributed by atoms with Crippen LogP contribution in [0.4, 0.5) is 0 Å². The predicted molar refractivity (Wildman–Crippen MR) is 119 cm³/mol. The Balaban J connectivity index is 1.75. The van der Waals surface area contributed by atoms with Crippen LogP contribution in [-0.2, 0) is 0 Å². The number of aliphatic hydroxyl groups is 1. The molecule has 1 heterocycles. The normalized spacial score (nSPS) is 11.2. The van der Waals surface area contributed by atoms with Crippen molar-refractivity contribution in [2.45, 2.75) is 25.9 Å². The Labute approximate surface area is 185 Å². The van der Waals surface area contributed by atoms with E-state index in [1.165, 1.54) is 0 Å². The van der Waals surface area contributed by atoms with Gasteiger partial charge in [-0.1, -0.05) is 41.4 Å². The number of hydrogen-bond acceptors (Lipinski definition) is 4. The molecule has 1 aromatic heterocycles. The molecule has 0 aliphatic heterocycles. The third kappa shape index (κ3) is 6.20. The lowest BCUT2D eigenvalue weighted by Crippen LogP contribution is -2.30. The van der Waals surface area contributed by atoms with Crippen LogP contribution in [0.3, 0.4) is 0 Å². The Bertz CT molecular complexity index is 1050. The summed E-state index contributed by atoms with van der Waals surface area (Å²) in [7, 11) is 0. The van der Waals surface area contributed by atoms with Crippen molar-refractivity contribution in [1.82, 2.24) is 10.3 Å². The van der Waals surface area contributed by atoms with Gasteiger partial charge in [-0.25, -0.2) is 4.98 Å². The number of carbonyl (C=O) groups is 1. The lowest BCUT2D eigenvalue weighted by molar-refractivity contribution is 0.0693. The minimum absolute atomic E-state index is 0.207. The van der Waals surface area contributed by atoms with E-state index < -0.39 is 5.60 Å². The van der Waals surface area contributed by atoms with Crippen LogP contribution < -0.4 is 10.1 Å². The highest BCUT2D eigenvalue weighted by Gasteiger charge is 2.14. The maximum Gasteiger partial charge on any atom is 0.251 e. The fourth-order valence-corrected chi connectivity index (χ4v) is 3.15. The van der Waals surface area contributed by atoms with Crippen molar-refractivity contribution >= 4 is 29.1 Å². The molecule has 0 spiro atoms. The van der Waals surface area contributed by atoms with Gasteiger partial charge in [0.15, 0.2) is 0 Å². The van der Waals surface area contributed by atoms with E-state index >= 15 is 0 Å². The largest absolute Gasteiger partial charge is 0.437 e. The molecule has 0 saturated heterocycles. The van der Waals surface area contributed by atoms with E-state index in [9.17, 15) is 9.90 Å². The predicted octanol–water partition coefficient (Wildman–Crippen LogP) is 5.74. The zero-order valence-electron chi connectivity index (χ0n) is 16.7. The van der Waals surface area contributed by atoms with E-state index in [-0.39, 0.29) is 5.91 Å². The standard InChI is InChI=1S/C23H22Cl2N2O3/c1-23(2,29)11-12-26-22(28)16-6-3-5-15(13-16)19-7-4-8-21(27-19)30-20-10-9-17(24)14-18(20)25/h3-10,13-14,29H,11-12H2,1-2H3,(H,26,28). The molecule has 1 amide bonds. The van der Waals surface area contributed by atoms with Crippen LogP contribution in [0.15, 0.2) is 60.7 Å². The van der Waals surface area contributed by atoms with Crippen LogP contribution in [0.5, 0.6) is 11.6 Å². The van der Waals surface area contributed by atoms with Gasteiger partial charge in [-0.15, -0.1) is 0 Å². The summed E-state index contributed by atoms with van der Waals surface area (Å²) in [5.74, 6) is 0.615. The van der Waals surface area contributed by atoms with Crippen molar-refractivity contribution in [3.05, 3.63) is 76.3 Å². The highest BCUT2D eigenvalue weighted by Crippen LogP contribution is 2.31. The van der Waals surface area contributed by atoms with Crippen LogP contribution in [-0.4, -0.2) is 28.1 Å². The first kappa shape index (κ1) is 22.1. The van der Waals surface area contributed by atoms with E-state index in [0.29, 0.717) is 45.9 Å². The fourth-order valence-electron chi connectivity index (χ4n) is 2.71. The lowest BCUT2D eigenvalue weighted by Gasteiger charge is -2.17. The number of hydrogen-bond donors (Lipinski definition) is 2. The van der Waals surface area contributed by atoms with E-state index in [2.05, 4.69) is 10.3 Å². The number of carbonyl (C=O) groups excluding carboxylic acids is 1. The van der Waals surface area contributed by atoms with Crippen molar-refractivity contribution in [3.63, 3.8) is 0 Å². The first-order valence-electron chi connectivity index (χ1n) is 9.42. The Hall–Kier alpha value is -2.60. The zero-order valence-corrected chi connectivity index (χ0v) is 18.2. The van der Waals surface area contributed by atoms with E-state index in [0.717, 1.165) is 5.56 Å². The van der Waals surface area contributed by atoms with E-state index in [1.807, 2.05) is 18.2 Å². The molecule has 0 bridgehead atoms. The lowest BCUT2D eigenvalue weighted by atomic mass is 10.1. The molecular formula is C23H22Cl2N2O3. The van der Waals surface area contributed by atoms with Gasteiger partial charge in [0, 0.05) is 28.8 Å². The van der Waals surface area contributed by atoms with Gasteiger partial charge in [-0.2, -0.15) is 0 Å². The summed E-state index contributed by atoms with van der Waals surface area (Å²) in [4.78, 5) is 16.9. The first-order valence-corrected chi connectivity index (χ1v) is 10.2. The quantitative estimate of drug-likeness (QED) is 0.487. The molecular weight excluding hydrogens is 423 g/mol. The molecule has 0 aliphatic rings. The van der Waals surface area contributed by atoms with Crippen molar-refractivity contribution in [1.29, 1.82) is 0 Å². The molecule has 0 fully saturated rings. The summed E-state index contributed by atoms with van der Waals surface area (Å²) in [6.07, 6.45) is 0.465. The van der Waals surface area contributed by atoms with Gasteiger partial charge >= 0.3 is 0 Å². The summed E-state index contributed by atoms with van der Waals surface area (Å²) in [5, 5.41) is 13.5. The van der Waals surface area contributed by atoms with E-state index in [4.69, 9.17) is 27.9 Å². The van der Waals surface area contributed by atoms with E-state index in [1.54, 1.807) is 56.3 Å². The Kier molecular flexibility index (Phi) is 6.98. The van der Waals surface area contributed by atoms with Crippen LogP contribution in [0.2, 0.25) is 10.0 Å². The molecule has 3 rings (SSSR count). The van der Waals surface area contributed by atoms with Gasteiger partial charge in [-0.3, -0.25) is 4.79 Å². The average molecular weight is 445 g/mol. The van der Waals surface area contributed by atoms with Crippen LogP contribution in [0.25, 0.3) is 11.3 Å². The maximum absolute atomic E-state index is 12.4. The SMILES string of the molecule is CC(C)(O)CCNC(=O)c1cccc(-c2cccc(Oc3ccc(Cl)cc3Cl)n2)c1. The second kappa shape index (κ2) is 9.47. The summed E-state index contributed by atoms with van der Waals surface area (Å²) >= 11 is 12.1. The van der Waals surface area contributed by atoms with Crippen LogP contribution in [0.1, 0.15) is 30.6 Å². The van der Waals surface area contributed by atoms with Gasteiger partial charge in [0.25, 0.3) is 5.91 Å². The number of pyridine rings is 1. The van der Waals surface area contributed by atoms with Crippen molar-refractivity contribution in [3.8, 4) is 22.9 Å². The maximum atomic E-state index is 12.4. The van der Waals surface area contributed by atoms with Gasteiger partial charge in [-0.05, 0) is 56.7 Å². The van der Waals surface area contributed by atoms with Crippen molar-refractivity contribution in [2.75, 3.05) is 6.54 Å². The molecule has 7 heteroatoms. The molecule has 0 atom stereocenters. The number of amides is 1. The van der Waals surface area contributed by atoms with Gasteiger partial charge < -0.3 is 15.2 Å². The van der Waals surface area contributed by atoms with Gasteiger partial charge in [0.2, 0.25) is 5.88 Å². The topological polar surface area (TPSA) is 71.5 Å². The summed E-state index contributed by atoms with van der Waals surface area (Å²) < 4.78 is 5.78. The third-order valence-electron chi connectivity index (χ3n) is 4.27. The number of aromatic nitrogens is 1. The molecule has 0 unspecified atom stereocenters. The van der Waals surface area contributed by atoms with Crippen LogP contribution >= 0.6 is 23.2 Å². The second-order valence-corrected chi connectivity index (χ2v) is 8.28. The number of halogens is 2. The Morgan fingerprint density at radius 2 is 1.87 bits per heavy atom. The molecule has 2 aromatic carbocycles. The monoisotopic (exact) mass is 444 g/mol. The smallest absolute Gasteiger partial charge is 0.251 e. The number of nitrogens with zero attached hydrogens (tertiary/aromatic N) is 1. The Morgan fingerprint density at radius 3 is 2.60 bits per heavy atom. The van der Waals surface area contributed by atoms with Crippen LogP contribution in [0, 0.1) is 0 Å². The average Bonchev–Trinajstić information content (AvgIpc) is 2.69. The second-order valence-electron chi connectivity index (χ2n) is 7.44. The molecule has 2 N–H and O–H groups in total. The van der Waals surface area contributed by atoms with Gasteiger partial charge in [0.1, 0.15) is 5.75 Å². The molecule has 30 heavy (non-hydrogen) atoms. The van der Waals surface area contributed by atoms with Gasteiger partial charge in [0.05, 0.1) is 16.3 Å². The summed E-state index contributed by atoms with van der Waals surface area (Å²) in [5.41, 5.74) is 1.12. The van der Waals surface area contributed by atoms with Crippen molar-refractivity contribution < 1.29 is 14.6 Å². The highest BCUT2D eigenvalue weighted by atomic mass is 35.5. The Morgan fingerprint density at radius 1 is 1.10 bits per heavy atom. The van der Waals surface area contributed by atoms with Crippen molar-refractivity contribution in [2.24, 2.45) is 0 Å². The third-order valence-corrected chi connectivity index (χ3v) is 4.81. The number of benzene rings is 2. The zero-order chi connectivity index (χ0) is 21.7. The minimum atomic E-state index is -0.827. The highest BCUT2D eigenvalue weighted by molar-refractivity contribution is 6.35. The fraction of sp³-hybridized carbons (Fsp3) is 0.217. The molecule has 0 saturated carbocycles. The molecule has 0 radical (unpaired) electrons. The number of ether oxygens (including phenoxy) is 1. The number of rotatable bonds is 7. The molecule has 5 nitrogen and oxygen atoms in total. The minimum Gasteiger partial charge on any atom is -0.437 e. The summed E-state index contributed by atoms with van der Waals surface area (Å²) in [6.45, 7) is 3.80.